The summed E-state index contributed by atoms with van der Waals surface area (Å²) < 4.78 is 18.2. The van der Waals surface area contributed by atoms with Crippen LogP contribution < -0.4 is 0 Å². The van der Waals surface area contributed by atoms with Crippen LogP contribution in [-0.4, -0.2) is 65.3 Å². The summed E-state index contributed by atoms with van der Waals surface area (Å²) in [6.07, 6.45) is -5.40. The van der Waals surface area contributed by atoms with E-state index in [1.54, 1.807) is 0 Å². The Morgan fingerprint density at radius 1 is 0.696 bits per heavy atom. The molecule has 4 atom stereocenters. The Labute approximate surface area is 132 Å². The number of hydrogen-bond acceptors (Lipinski definition) is 10. The highest BCUT2D eigenvalue weighted by atomic mass is 16.7. The summed E-state index contributed by atoms with van der Waals surface area (Å²) in [7, 11) is 0. The maximum Gasteiger partial charge on any atom is 0.350 e. The molecule has 0 radical (unpaired) electrons. The van der Waals surface area contributed by atoms with Gasteiger partial charge in [0.05, 0.1) is 0 Å². The molecule has 0 amide bonds. The number of carbonyl (C=O) groups is 4. The predicted molar refractivity (Wildman–Crippen MR) is 71.5 cm³/mol. The molecule has 0 unspecified atom stereocenters. The second-order valence-electron chi connectivity index (χ2n) is 4.55. The molecule has 0 aliphatic heterocycles. The van der Waals surface area contributed by atoms with E-state index >= 15 is 0 Å². The Morgan fingerprint density at radius 2 is 1.00 bits per heavy atom. The minimum atomic E-state index is -1.40. The predicted octanol–water partition coefficient (Wildman–Crippen LogP) is -1.34. The molecule has 10 heteroatoms. The molecule has 0 aromatic carbocycles. The fourth-order valence-electron chi connectivity index (χ4n) is 1.02. The number of ether oxygens (including phenoxy) is 4. The van der Waals surface area contributed by atoms with Gasteiger partial charge in [0.2, 0.25) is 6.79 Å². The minimum absolute atomic E-state index is 0.787. The summed E-state index contributed by atoms with van der Waals surface area (Å²) in [6, 6.07) is 0. The van der Waals surface area contributed by atoms with Crippen LogP contribution in [0.25, 0.3) is 0 Å². The first-order chi connectivity index (χ1) is 10.6. The zero-order chi connectivity index (χ0) is 18.2. The molecule has 0 aliphatic carbocycles. The number of hydrogen-bond donors (Lipinski definition) is 2. The zero-order valence-corrected chi connectivity index (χ0v) is 13.2. The highest BCUT2D eigenvalue weighted by Gasteiger charge is 2.24. The Morgan fingerprint density at radius 3 is 1.26 bits per heavy atom. The van der Waals surface area contributed by atoms with Crippen molar-refractivity contribution in [2.75, 3.05) is 6.79 Å². The standard InChI is InChI=1S/C13H20O10/c1-6(14)10(16)22-8(3)12(18)20-5-21-13(19)9(4)23-11(17)7(2)15/h6-9,14-15H,5H2,1-4H3/t6-,7-,8+,9+/m0/s1. The van der Waals surface area contributed by atoms with E-state index in [2.05, 4.69) is 18.9 Å². The molecule has 2 N–H and O–H groups in total. The van der Waals surface area contributed by atoms with Gasteiger partial charge < -0.3 is 29.2 Å². The fourth-order valence-corrected chi connectivity index (χ4v) is 1.02. The molecule has 0 heterocycles. The van der Waals surface area contributed by atoms with Gasteiger partial charge in [-0.25, -0.2) is 19.2 Å². The van der Waals surface area contributed by atoms with Gasteiger partial charge >= 0.3 is 23.9 Å². The van der Waals surface area contributed by atoms with Crippen molar-refractivity contribution in [2.24, 2.45) is 0 Å². The van der Waals surface area contributed by atoms with Crippen LogP contribution in [0.3, 0.4) is 0 Å². The second-order valence-corrected chi connectivity index (χ2v) is 4.55. The molecule has 132 valence electrons. The van der Waals surface area contributed by atoms with Crippen LogP contribution in [0.4, 0.5) is 0 Å². The van der Waals surface area contributed by atoms with Crippen molar-refractivity contribution in [3.8, 4) is 0 Å². The lowest BCUT2D eigenvalue weighted by atomic mass is 10.4. The molecular formula is C13H20O10. The SMILES string of the molecule is C[C@H](O)C(=O)O[C@H](C)C(=O)OCOC(=O)[C@@H](C)OC(=O)[C@H](C)O. The van der Waals surface area contributed by atoms with Crippen molar-refractivity contribution < 1.29 is 48.3 Å². The summed E-state index contributed by atoms with van der Waals surface area (Å²) in [4.78, 5) is 45.0. The van der Waals surface area contributed by atoms with Gasteiger partial charge in [0.25, 0.3) is 0 Å². The van der Waals surface area contributed by atoms with E-state index in [0.29, 0.717) is 0 Å². The van der Waals surface area contributed by atoms with Gasteiger partial charge in [0.15, 0.2) is 12.2 Å². The van der Waals surface area contributed by atoms with Crippen LogP contribution in [0.15, 0.2) is 0 Å². The third kappa shape index (κ3) is 8.12. The largest absolute Gasteiger partial charge is 0.449 e. The number of carbonyl (C=O) groups excluding carboxylic acids is 4. The number of aliphatic hydroxyl groups excluding tert-OH is 2. The normalized spacial score (nSPS) is 15.6. The van der Waals surface area contributed by atoms with Gasteiger partial charge in [-0.05, 0) is 27.7 Å². The van der Waals surface area contributed by atoms with Crippen LogP contribution in [0.2, 0.25) is 0 Å². The van der Waals surface area contributed by atoms with E-state index in [4.69, 9.17) is 10.2 Å². The number of rotatable bonds is 8. The summed E-state index contributed by atoms with van der Waals surface area (Å²) in [6.45, 7) is 3.95. The van der Waals surface area contributed by atoms with Crippen LogP contribution in [0.1, 0.15) is 27.7 Å². The van der Waals surface area contributed by atoms with Crippen LogP contribution in [0.5, 0.6) is 0 Å². The van der Waals surface area contributed by atoms with Crippen molar-refractivity contribution >= 4 is 23.9 Å². The van der Waals surface area contributed by atoms with E-state index < -0.39 is 55.1 Å². The maximum atomic E-state index is 11.4. The summed E-state index contributed by atoms with van der Waals surface area (Å²) in [5.74, 6) is -4.02. The van der Waals surface area contributed by atoms with E-state index in [0.717, 1.165) is 13.8 Å². The third-order valence-electron chi connectivity index (χ3n) is 2.33. The summed E-state index contributed by atoms with van der Waals surface area (Å²) in [5, 5.41) is 17.8. The molecule has 0 saturated carbocycles. The van der Waals surface area contributed by atoms with Crippen molar-refractivity contribution in [3.63, 3.8) is 0 Å². The van der Waals surface area contributed by atoms with Crippen molar-refractivity contribution in [3.05, 3.63) is 0 Å². The maximum absolute atomic E-state index is 11.4. The molecule has 0 aliphatic rings. The lowest BCUT2D eigenvalue weighted by Gasteiger charge is -2.15. The molecule has 0 fully saturated rings. The molecule has 0 spiro atoms. The first-order valence-electron chi connectivity index (χ1n) is 6.66. The molecule has 0 aromatic heterocycles. The molecule has 0 bridgehead atoms. The fraction of sp³-hybridized carbons (Fsp3) is 0.692. The summed E-state index contributed by atoms with van der Waals surface area (Å²) >= 11 is 0. The van der Waals surface area contributed by atoms with E-state index in [1.807, 2.05) is 0 Å². The lowest BCUT2D eigenvalue weighted by Crippen LogP contribution is -2.33. The van der Waals surface area contributed by atoms with Gasteiger partial charge in [-0.2, -0.15) is 0 Å². The van der Waals surface area contributed by atoms with Crippen LogP contribution in [-0.2, 0) is 38.1 Å². The first-order valence-corrected chi connectivity index (χ1v) is 6.66. The second kappa shape index (κ2) is 9.74. The smallest absolute Gasteiger partial charge is 0.350 e. The van der Waals surface area contributed by atoms with Crippen LogP contribution >= 0.6 is 0 Å². The Kier molecular flexibility index (Phi) is 8.81. The summed E-state index contributed by atoms with van der Waals surface area (Å²) in [5.41, 5.74) is 0. The highest BCUT2D eigenvalue weighted by molar-refractivity contribution is 5.81. The molecule has 0 saturated heterocycles. The van der Waals surface area contributed by atoms with Crippen molar-refractivity contribution in [1.29, 1.82) is 0 Å². The van der Waals surface area contributed by atoms with Gasteiger partial charge in [-0.15, -0.1) is 0 Å². The van der Waals surface area contributed by atoms with Gasteiger partial charge in [0.1, 0.15) is 12.2 Å². The molecule has 0 aromatic rings. The van der Waals surface area contributed by atoms with Crippen LogP contribution in [0, 0.1) is 0 Å². The van der Waals surface area contributed by atoms with Crippen molar-refractivity contribution in [1.82, 2.24) is 0 Å². The molecule has 10 nitrogen and oxygen atoms in total. The monoisotopic (exact) mass is 336 g/mol. The number of aliphatic hydroxyl groups is 2. The van der Waals surface area contributed by atoms with Gasteiger partial charge in [-0.1, -0.05) is 0 Å². The topological polar surface area (TPSA) is 146 Å². The first kappa shape index (κ1) is 20.8. The lowest BCUT2D eigenvalue weighted by molar-refractivity contribution is -0.187. The van der Waals surface area contributed by atoms with E-state index in [-0.39, 0.29) is 0 Å². The Balaban J connectivity index is 4.14. The molecular weight excluding hydrogens is 316 g/mol. The quantitative estimate of drug-likeness (QED) is 0.310. The molecule has 0 rings (SSSR count). The zero-order valence-electron chi connectivity index (χ0n) is 13.2. The van der Waals surface area contributed by atoms with Crippen molar-refractivity contribution in [2.45, 2.75) is 52.1 Å². The van der Waals surface area contributed by atoms with Gasteiger partial charge in [0, 0.05) is 0 Å². The number of esters is 4. The molecule has 23 heavy (non-hydrogen) atoms. The Hall–Kier alpha value is -2.20. The Bertz CT molecular complexity index is 402. The third-order valence-corrected chi connectivity index (χ3v) is 2.33. The van der Waals surface area contributed by atoms with Gasteiger partial charge in [-0.3, -0.25) is 0 Å². The average Bonchev–Trinajstić information content (AvgIpc) is 2.46. The average molecular weight is 336 g/mol. The van der Waals surface area contributed by atoms with E-state index in [1.165, 1.54) is 13.8 Å². The highest BCUT2D eigenvalue weighted by Crippen LogP contribution is 2.01. The minimum Gasteiger partial charge on any atom is -0.449 e. The van der Waals surface area contributed by atoms with E-state index in [9.17, 15) is 19.2 Å².